The van der Waals surface area contributed by atoms with Gasteiger partial charge in [-0.2, -0.15) is 4.98 Å². The van der Waals surface area contributed by atoms with E-state index in [2.05, 4.69) is 25.1 Å². The molecule has 2 aromatic rings. The number of anilines is 3. The number of carboxylic acids is 2. The van der Waals surface area contributed by atoms with Crippen molar-refractivity contribution < 1.29 is 53.1 Å². The molecule has 19 nitrogen and oxygen atoms in total. The third kappa shape index (κ3) is 14.5. The predicted molar refractivity (Wildman–Crippen MR) is 174 cm³/mol. The number of aromatic amines is 1. The van der Waals surface area contributed by atoms with Gasteiger partial charge in [0.1, 0.15) is 11.9 Å². The minimum Gasteiger partial charge on any atom is -0.481 e. The lowest BCUT2D eigenvalue weighted by atomic mass is 10.1. The van der Waals surface area contributed by atoms with Gasteiger partial charge in [-0.25, -0.2) is 9.36 Å². The number of aliphatic carboxylic acids is 2. The van der Waals surface area contributed by atoms with E-state index in [0.717, 1.165) is 11.8 Å². The molecule has 0 aliphatic carbocycles. The highest BCUT2D eigenvalue weighted by Gasteiger charge is 2.23. The molecule has 48 heavy (non-hydrogen) atoms. The number of phosphoric ester groups is 1. The Kier molecular flexibility index (Phi) is 16.0. The molecule has 0 fully saturated rings. The second kappa shape index (κ2) is 19.4. The third-order valence-electron chi connectivity index (χ3n) is 6.48. The fraction of sp³-hybridized carbons (Fsp3) is 0.444. The maximum absolute atomic E-state index is 13.3. The van der Waals surface area contributed by atoms with Crippen LogP contribution >= 0.6 is 19.6 Å². The number of carboxylic acid groups (broad SMARTS) is 2. The Morgan fingerprint density at radius 2 is 1.73 bits per heavy atom. The Morgan fingerprint density at radius 3 is 2.33 bits per heavy atom. The first-order valence-corrected chi connectivity index (χ1v) is 17.1. The van der Waals surface area contributed by atoms with E-state index in [0.29, 0.717) is 18.5 Å². The zero-order valence-electron chi connectivity index (χ0n) is 25.6. The first kappa shape index (κ1) is 39.7. The molecule has 0 aliphatic rings. The Balaban J connectivity index is 2.06. The van der Waals surface area contributed by atoms with Crippen LogP contribution in [0, 0.1) is 0 Å². The molecule has 1 unspecified atom stereocenters. The van der Waals surface area contributed by atoms with Gasteiger partial charge in [0.15, 0.2) is 0 Å². The average Bonchev–Trinajstić information content (AvgIpc) is 2.99. The molecule has 21 heteroatoms. The van der Waals surface area contributed by atoms with Crippen molar-refractivity contribution in [2.45, 2.75) is 44.6 Å². The fourth-order valence-electron chi connectivity index (χ4n) is 4.14. The summed E-state index contributed by atoms with van der Waals surface area (Å²) in [5.41, 5.74) is 11.4. The van der Waals surface area contributed by atoms with Gasteiger partial charge >= 0.3 is 19.8 Å². The van der Waals surface area contributed by atoms with Crippen LogP contribution in [0.15, 0.2) is 29.1 Å². The summed E-state index contributed by atoms with van der Waals surface area (Å²) in [6, 6.07) is 4.21. The van der Waals surface area contributed by atoms with Crippen molar-refractivity contribution in [3.63, 3.8) is 0 Å². The predicted octanol–water partition coefficient (Wildman–Crippen LogP) is -0.313. The summed E-state index contributed by atoms with van der Waals surface area (Å²) in [5, 5.41) is 23.1. The van der Waals surface area contributed by atoms with Gasteiger partial charge in [-0.15, -0.1) is 11.8 Å². The van der Waals surface area contributed by atoms with Gasteiger partial charge in [0.05, 0.1) is 23.7 Å². The monoisotopic (exact) mass is 715 g/mol. The lowest BCUT2D eigenvalue weighted by Crippen LogP contribution is -2.41. The van der Waals surface area contributed by atoms with Crippen molar-refractivity contribution in [2.24, 2.45) is 0 Å². The van der Waals surface area contributed by atoms with Gasteiger partial charge in [-0.1, -0.05) is 0 Å². The maximum atomic E-state index is 13.3. The Labute approximate surface area is 278 Å². The van der Waals surface area contributed by atoms with E-state index in [4.69, 9.17) is 26.4 Å². The molecule has 0 radical (unpaired) electrons. The highest BCUT2D eigenvalue weighted by molar-refractivity contribution is 8.00. The van der Waals surface area contributed by atoms with Crippen LogP contribution in [0.4, 0.5) is 17.5 Å². The molecular weight excluding hydrogens is 677 g/mol. The number of unbranched alkanes of at least 4 members (excludes halogenated alkanes) is 1. The number of hydrogen-bond acceptors (Lipinski definition) is 12. The van der Waals surface area contributed by atoms with E-state index >= 15 is 0 Å². The van der Waals surface area contributed by atoms with Crippen molar-refractivity contribution in [3.8, 4) is 0 Å². The quantitative estimate of drug-likeness (QED) is 0.0591. The number of thioether (sulfide) groups is 1. The van der Waals surface area contributed by atoms with Crippen LogP contribution in [0.3, 0.4) is 0 Å². The first-order chi connectivity index (χ1) is 22.6. The van der Waals surface area contributed by atoms with E-state index in [1.165, 1.54) is 29.2 Å². The lowest BCUT2D eigenvalue weighted by Gasteiger charge is -2.23. The largest absolute Gasteiger partial charge is 0.481 e. The number of nitrogen functional groups attached to an aromatic ring is 2. The number of carbonyl (C=O) groups excluding carboxylic acids is 3. The number of H-pyrrole nitrogens is 1. The summed E-state index contributed by atoms with van der Waals surface area (Å²) in [7, 11) is -4.55. The first-order valence-electron chi connectivity index (χ1n) is 14.4. The summed E-state index contributed by atoms with van der Waals surface area (Å²) >= 11 is 1.03. The second-order valence-electron chi connectivity index (χ2n) is 10.2. The lowest BCUT2D eigenvalue weighted by molar-refractivity contribution is -0.140. The number of phosphoric acid groups is 1. The maximum Gasteiger partial charge on any atom is 0.469 e. The number of nitrogens with two attached hydrogens (primary N) is 2. The molecule has 1 aromatic heterocycles. The minimum atomic E-state index is -4.55. The number of nitrogens with one attached hydrogen (secondary N) is 3. The Bertz CT molecular complexity index is 1550. The highest BCUT2D eigenvalue weighted by Crippen LogP contribution is 2.35. The van der Waals surface area contributed by atoms with E-state index in [9.17, 15) is 38.4 Å². The topological polar surface area (TPSA) is 318 Å². The van der Waals surface area contributed by atoms with Crippen LogP contribution in [-0.2, 0) is 34.7 Å². The molecule has 11 N–H and O–H groups in total. The van der Waals surface area contributed by atoms with E-state index in [-0.39, 0.29) is 79.3 Å². The summed E-state index contributed by atoms with van der Waals surface area (Å²) < 4.78 is 15.0. The van der Waals surface area contributed by atoms with Crippen LogP contribution in [0.25, 0.3) is 0 Å². The Hall–Kier alpha value is -4.49. The molecule has 1 aromatic carbocycles. The van der Waals surface area contributed by atoms with Gasteiger partial charge in [0, 0.05) is 30.8 Å². The summed E-state index contributed by atoms with van der Waals surface area (Å²) in [5.74, 6) is -4.53. The van der Waals surface area contributed by atoms with Crippen LogP contribution in [0.1, 0.15) is 48.0 Å². The molecule has 2 rings (SSSR count). The summed E-state index contributed by atoms with van der Waals surface area (Å²) in [6.07, 6.45) is 0.328. The molecule has 1 heterocycles. The highest BCUT2D eigenvalue weighted by atomic mass is 32.2. The molecule has 0 saturated heterocycles. The van der Waals surface area contributed by atoms with Crippen LogP contribution in [-0.4, -0.2) is 96.9 Å². The smallest absolute Gasteiger partial charge is 0.469 e. The Morgan fingerprint density at radius 1 is 1.04 bits per heavy atom. The molecule has 0 bridgehead atoms. The summed E-state index contributed by atoms with van der Waals surface area (Å²) in [4.78, 5) is 97.7. The SMILES string of the molecule is Nc1nc(N)c(CCCN(C(=O)CSCC(=O)NCCCCOP(=O)(O)O)c2ccc(C(=O)NC(CCC(=O)O)C(=O)O)cc2)c(=O)[nH]1. The van der Waals surface area contributed by atoms with Gasteiger partial charge in [-0.05, 0) is 56.4 Å². The number of rotatable bonds is 21. The van der Waals surface area contributed by atoms with Gasteiger partial charge in [0.25, 0.3) is 11.5 Å². The van der Waals surface area contributed by atoms with E-state index in [1.807, 2.05) is 0 Å². The van der Waals surface area contributed by atoms with Gasteiger partial charge in [0.2, 0.25) is 17.8 Å². The van der Waals surface area contributed by atoms with E-state index in [1.54, 1.807) is 0 Å². The third-order valence-corrected chi connectivity index (χ3v) is 7.91. The number of hydrogen-bond donors (Lipinski definition) is 9. The fourth-order valence-corrected chi connectivity index (χ4v) is 5.23. The average molecular weight is 716 g/mol. The molecular formula is C27H38N7O12PS. The minimum absolute atomic E-state index is 0.0524. The zero-order valence-corrected chi connectivity index (χ0v) is 27.3. The van der Waals surface area contributed by atoms with Crippen molar-refractivity contribution in [2.75, 3.05) is 47.6 Å². The zero-order chi connectivity index (χ0) is 35.9. The number of amides is 3. The van der Waals surface area contributed by atoms with Crippen LogP contribution in [0.5, 0.6) is 0 Å². The van der Waals surface area contributed by atoms with Crippen molar-refractivity contribution in [3.05, 3.63) is 45.7 Å². The standard InChI is InChI=1S/C27H38N7O12PS/c28-23-18(25(40)33-27(29)32-23)4-3-12-34(21(36)15-48-14-20(35)30-11-1-2-13-46-47(43,44)45)17-7-5-16(6-8-17)24(39)31-19(26(41)42)9-10-22(37)38/h5-8,19H,1-4,9-15H2,(H,30,35)(H,31,39)(H,37,38)(H,41,42)(H2,43,44,45)(H5,28,29,32,33,40). The molecule has 0 aliphatic heterocycles. The molecule has 0 saturated carbocycles. The number of carbonyl (C=O) groups is 5. The normalized spacial score (nSPS) is 11.8. The molecule has 3 amide bonds. The number of benzene rings is 1. The second-order valence-corrected chi connectivity index (χ2v) is 12.4. The number of aromatic nitrogens is 2. The van der Waals surface area contributed by atoms with Crippen molar-refractivity contribution >= 4 is 66.7 Å². The van der Waals surface area contributed by atoms with Crippen LogP contribution in [0.2, 0.25) is 0 Å². The van der Waals surface area contributed by atoms with Gasteiger partial charge in [-0.3, -0.25) is 33.5 Å². The molecule has 1 atom stereocenters. The molecule has 264 valence electrons. The van der Waals surface area contributed by atoms with E-state index < -0.39 is 49.6 Å². The van der Waals surface area contributed by atoms with Crippen LogP contribution < -0.4 is 32.6 Å². The number of nitrogens with zero attached hydrogens (tertiary/aromatic N) is 2. The summed E-state index contributed by atoms with van der Waals surface area (Å²) in [6.45, 7) is 0.155. The van der Waals surface area contributed by atoms with Crippen molar-refractivity contribution in [1.29, 1.82) is 0 Å². The molecule has 0 spiro atoms. The van der Waals surface area contributed by atoms with Crippen molar-refractivity contribution in [1.82, 2.24) is 20.6 Å². The van der Waals surface area contributed by atoms with Gasteiger partial charge < -0.3 is 47.0 Å².